The van der Waals surface area contributed by atoms with Gasteiger partial charge in [-0.2, -0.15) is 0 Å². The second-order valence-corrected chi connectivity index (χ2v) is 4.93. The highest BCUT2D eigenvalue weighted by atomic mass is 16.5. The van der Waals surface area contributed by atoms with Gasteiger partial charge in [0, 0.05) is 18.5 Å². The van der Waals surface area contributed by atoms with Crippen LogP contribution in [0.25, 0.3) is 0 Å². The Labute approximate surface area is 114 Å². The summed E-state index contributed by atoms with van der Waals surface area (Å²) in [5.41, 5.74) is 1.15. The minimum atomic E-state index is 0.131. The maximum Gasteiger partial charge on any atom is 0.161 e. The number of rotatable bonds is 5. The van der Waals surface area contributed by atoms with Gasteiger partial charge in [-0.15, -0.1) is 0 Å². The van der Waals surface area contributed by atoms with Gasteiger partial charge < -0.3 is 19.9 Å². The van der Waals surface area contributed by atoms with Crippen LogP contribution in [0.3, 0.4) is 0 Å². The molecule has 0 aromatic heterocycles. The monoisotopic (exact) mass is 265 g/mol. The zero-order valence-electron chi connectivity index (χ0n) is 11.7. The molecule has 4 heteroatoms. The van der Waals surface area contributed by atoms with Crippen LogP contribution in [0.15, 0.2) is 18.2 Å². The molecule has 19 heavy (non-hydrogen) atoms. The molecule has 2 rings (SSSR count). The maximum absolute atomic E-state index is 9.24. The third kappa shape index (κ3) is 3.61. The van der Waals surface area contributed by atoms with Crippen molar-refractivity contribution < 1.29 is 14.6 Å². The number of hydrogen-bond acceptors (Lipinski definition) is 4. The number of fused-ring (bicyclic) bond motifs is 1. The molecule has 1 aromatic carbocycles. The van der Waals surface area contributed by atoms with E-state index in [0.29, 0.717) is 13.2 Å². The molecular weight excluding hydrogens is 242 g/mol. The molecule has 106 valence electrons. The van der Waals surface area contributed by atoms with Gasteiger partial charge in [0.1, 0.15) is 0 Å². The van der Waals surface area contributed by atoms with Crippen LogP contribution < -0.4 is 14.8 Å². The van der Waals surface area contributed by atoms with Crippen LogP contribution in [0.2, 0.25) is 0 Å². The summed E-state index contributed by atoms with van der Waals surface area (Å²) in [5.74, 6) is 1.64. The molecule has 4 nitrogen and oxygen atoms in total. The van der Waals surface area contributed by atoms with Crippen molar-refractivity contribution in [2.24, 2.45) is 0 Å². The highest BCUT2D eigenvalue weighted by molar-refractivity contribution is 5.44. The van der Waals surface area contributed by atoms with Gasteiger partial charge in [0.05, 0.1) is 19.8 Å². The molecule has 0 radical (unpaired) electrons. The number of benzene rings is 1. The lowest BCUT2D eigenvalue weighted by atomic mass is 10.1. The summed E-state index contributed by atoms with van der Waals surface area (Å²) in [6.45, 7) is 5.73. The van der Waals surface area contributed by atoms with Crippen molar-refractivity contribution in [2.75, 3.05) is 19.8 Å². The van der Waals surface area contributed by atoms with Crippen LogP contribution in [-0.2, 0) is 0 Å². The fraction of sp³-hybridized carbons (Fsp3) is 0.600. The molecule has 0 saturated carbocycles. The van der Waals surface area contributed by atoms with Crippen LogP contribution >= 0.6 is 0 Å². The molecule has 1 heterocycles. The molecule has 0 amide bonds. The Morgan fingerprint density at radius 1 is 1.26 bits per heavy atom. The average molecular weight is 265 g/mol. The highest BCUT2D eigenvalue weighted by Crippen LogP contribution is 2.32. The lowest BCUT2D eigenvalue weighted by Gasteiger charge is -2.21. The fourth-order valence-corrected chi connectivity index (χ4v) is 2.20. The largest absolute Gasteiger partial charge is 0.490 e. The summed E-state index contributed by atoms with van der Waals surface area (Å²) in [6.07, 6.45) is 1.83. The Kier molecular flexibility index (Phi) is 5.05. The zero-order chi connectivity index (χ0) is 13.7. The Balaban J connectivity index is 2.10. The summed E-state index contributed by atoms with van der Waals surface area (Å²) >= 11 is 0. The molecule has 0 fully saturated rings. The molecule has 0 saturated heterocycles. The van der Waals surface area contributed by atoms with Crippen LogP contribution in [-0.4, -0.2) is 31.0 Å². The van der Waals surface area contributed by atoms with Crippen LogP contribution in [0, 0.1) is 0 Å². The first-order valence-corrected chi connectivity index (χ1v) is 7.01. The van der Waals surface area contributed by atoms with Crippen LogP contribution in [0.5, 0.6) is 11.5 Å². The summed E-state index contributed by atoms with van der Waals surface area (Å²) in [5, 5.41) is 12.7. The van der Waals surface area contributed by atoms with E-state index in [4.69, 9.17) is 9.47 Å². The van der Waals surface area contributed by atoms with Crippen molar-refractivity contribution in [3.8, 4) is 11.5 Å². The number of ether oxygens (including phenoxy) is 2. The molecule has 1 aliphatic rings. The summed E-state index contributed by atoms with van der Waals surface area (Å²) in [6, 6.07) is 6.35. The van der Waals surface area contributed by atoms with E-state index in [0.717, 1.165) is 29.9 Å². The predicted octanol–water partition coefficient (Wildman–Crippen LogP) is 2.27. The second-order valence-electron chi connectivity index (χ2n) is 4.93. The molecule has 0 spiro atoms. The van der Waals surface area contributed by atoms with Crippen LogP contribution in [0.1, 0.15) is 38.3 Å². The van der Waals surface area contributed by atoms with E-state index in [1.54, 1.807) is 0 Å². The number of aliphatic hydroxyl groups is 1. The summed E-state index contributed by atoms with van der Waals surface area (Å²) < 4.78 is 11.3. The fourth-order valence-electron chi connectivity index (χ4n) is 2.20. The van der Waals surface area contributed by atoms with E-state index in [1.807, 2.05) is 12.1 Å². The molecule has 0 aliphatic carbocycles. The smallest absolute Gasteiger partial charge is 0.161 e. The normalized spacial score (nSPS) is 17.6. The van der Waals surface area contributed by atoms with Crippen molar-refractivity contribution in [1.82, 2.24) is 5.32 Å². The molecule has 2 N–H and O–H groups in total. The van der Waals surface area contributed by atoms with Gasteiger partial charge in [-0.05, 0) is 31.0 Å². The molecule has 2 atom stereocenters. The Morgan fingerprint density at radius 2 is 2.00 bits per heavy atom. The van der Waals surface area contributed by atoms with Crippen molar-refractivity contribution in [3.63, 3.8) is 0 Å². The average Bonchev–Trinajstić information content (AvgIpc) is 2.68. The maximum atomic E-state index is 9.24. The topological polar surface area (TPSA) is 50.7 Å². The predicted molar refractivity (Wildman–Crippen MR) is 74.8 cm³/mol. The van der Waals surface area contributed by atoms with E-state index in [-0.39, 0.29) is 18.7 Å². The van der Waals surface area contributed by atoms with Gasteiger partial charge in [-0.3, -0.25) is 0 Å². The standard InChI is InChI=1S/C15H23NO3/c1-3-13(10-17)16-11(2)12-5-6-14-15(9-12)19-8-4-7-18-14/h5-6,9,11,13,16-17H,3-4,7-8,10H2,1-2H3. The van der Waals surface area contributed by atoms with Gasteiger partial charge in [-0.1, -0.05) is 13.0 Å². The van der Waals surface area contributed by atoms with Crippen LogP contribution in [0.4, 0.5) is 0 Å². The SMILES string of the molecule is CCC(CO)NC(C)c1ccc2c(c1)OCCCO2. The molecule has 0 bridgehead atoms. The first-order valence-electron chi connectivity index (χ1n) is 7.01. The molecule has 1 aliphatic heterocycles. The summed E-state index contributed by atoms with van der Waals surface area (Å²) in [4.78, 5) is 0. The van der Waals surface area contributed by atoms with Gasteiger partial charge in [0.2, 0.25) is 0 Å². The highest BCUT2D eigenvalue weighted by Gasteiger charge is 2.15. The third-order valence-electron chi connectivity index (χ3n) is 3.47. The van der Waals surface area contributed by atoms with E-state index in [1.165, 1.54) is 0 Å². The first-order chi connectivity index (χ1) is 9.24. The van der Waals surface area contributed by atoms with Crippen molar-refractivity contribution in [1.29, 1.82) is 0 Å². The lowest BCUT2D eigenvalue weighted by Crippen LogP contribution is -2.33. The van der Waals surface area contributed by atoms with Gasteiger partial charge >= 0.3 is 0 Å². The van der Waals surface area contributed by atoms with Crippen molar-refractivity contribution in [2.45, 2.75) is 38.8 Å². The molecule has 1 aromatic rings. The Morgan fingerprint density at radius 3 is 2.68 bits per heavy atom. The molecule has 2 unspecified atom stereocenters. The van der Waals surface area contributed by atoms with Gasteiger partial charge in [-0.25, -0.2) is 0 Å². The number of hydrogen-bond donors (Lipinski definition) is 2. The molecular formula is C15H23NO3. The quantitative estimate of drug-likeness (QED) is 0.857. The minimum absolute atomic E-state index is 0.131. The lowest BCUT2D eigenvalue weighted by molar-refractivity contribution is 0.230. The van der Waals surface area contributed by atoms with E-state index >= 15 is 0 Å². The van der Waals surface area contributed by atoms with Crippen molar-refractivity contribution in [3.05, 3.63) is 23.8 Å². The van der Waals surface area contributed by atoms with Gasteiger partial charge in [0.15, 0.2) is 11.5 Å². The second kappa shape index (κ2) is 6.78. The number of nitrogens with one attached hydrogen (secondary N) is 1. The van der Waals surface area contributed by atoms with Gasteiger partial charge in [0.25, 0.3) is 0 Å². The Hall–Kier alpha value is -1.26. The van der Waals surface area contributed by atoms with E-state index in [2.05, 4.69) is 25.2 Å². The number of aliphatic hydroxyl groups excluding tert-OH is 1. The Bertz CT molecular complexity index is 404. The zero-order valence-corrected chi connectivity index (χ0v) is 11.7. The third-order valence-corrected chi connectivity index (χ3v) is 3.47. The first kappa shape index (κ1) is 14.2. The van der Waals surface area contributed by atoms with E-state index in [9.17, 15) is 5.11 Å². The van der Waals surface area contributed by atoms with E-state index < -0.39 is 0 Å². The summed E-state index contributed by atoms with van der Waals surface area (Å²) in [7, 11) is 0. The minimum Gasteiger partial charge on any atom is -0.490 e. The van der Waals surface area contributed by atoms with Crippen molar-refractivity contribution >= 4 is 0 Å².